The molecule has 0 aromatic carbocycles. The first-order valence-electron chi connectivity index (χ1n) is 5.72. The normalized spacial score (nSPS) is 17.3. The lowest BCUT2D eigenvalue weighted by molar-refractivity contribution is -0.138. The molecule has 98 valence electrons. The summed E-state index contributed by atoms with van der Waals surface area (Å²) in [7, 11) is 0. The van der Waals surface area contributed by atoms with E-state index >= 15 is 0 Å². The van der Waals surface area contributed by atoms with E-state index < -0.39 is 12.0 Å². The SMILES string of the molecule is CC[C@@H](N)C(=O)N1CC(n2cc(C(=O)O)nn2)C1. The molecule has 2 heterocycles. The van der Waals surface area contributed by atoms with Crippen LogP contribution in [-0.2, 0) is 4.79 Å². The molecule has 0 spiro atoms. The number of hydrogen-bond donors (Lipinski definition) is 2. The van der Waals surface area contributed by atoms with Crippen molar-refractivity contribution in [2.45, 2.75) is 25.4 Å². The van der Waals surface area contributed by atoms with Gasteiger partial charge < -0.3 is 15.7 Å². The van der Waals surface area contributed by atoms with Crippen LogP contribution in [-0.4, -0.2) is 56.0 Å². The van der Waals surface area contributed by atoms with Crippen LogP contribution in [0.2, 0.25) is 0 Å². The smallest absolute Gasteiger partial charge is 0.358 e. The summed E-state index contributed by atoms with van der Waals surface area (Å²) in [4.78, 5) is 24.0. The van der Waals surface area contributed by atoms with E-state index in [9.17, 15) is 9.59 Å². The number of nitrogens with zero attached hydrogens (tertiary/aromatic N) is 4. The number of aromatic nitrogens is 3. The number of likely N-dealkylation sites (tertiary alicyclic amines) is 1. The molecule has 18 heavy (non-hydrogen) atoms. The van der Waals surface area contributed by atoms with Gasteiger partial charge in [0, 0.05) is 13.1 Å². The summed E-state index contributed by atoms with van der Waals surface area (Å²) in [6, 6.07) is -0.477. The van der Waals surface area contributed by atoms with Crippen LogP contribution >= 0.6 is 0 Å². The minimum Gasteiger partial charge on any atom is -0.476 e. The fourth-order valence-electron chi connectivity index (χ4n) is 1.76. The molecule has 1 aromatic heterocycles. The number of amides is 1. The van der Waals surface area contributed by atoms with Crippen LogP contribution in [0, 0.1) is 0 Å². The lowest BCUT2D eigenvalue weighted by Crippen LogP contribution is -2.55. The predicted octanol–water partition coefficient (Wildman–Crippen LogP) is -0.903. The van der Waals surface area contributed by atoms with E-state index in [1.807, 2.05) is 6.92 Å². The lowest BCUT2D eigenvalue weighted by atomic mass is 10.1. The molecule has 1 aliphatic rings. The van der Waals surface area contributed by atoms with E-state index in [0.717, 1.165) is 0 Å². The molecule has 0 saturated carbocycles. The Morgan fingerprint density at radius 2 is 2.28 bits per heavy atom. The van der Waals surface area contributed by atoms with Gasteiger partial charge in [0.1, 0.15) is 0 Å². The van der Waals surface area contributed by atoms with Crippen LogP contribution < -0.4 is 5.73 Å². The molecule has 3 N–H and O–H groups in total. The highest BCUT2D eigenvalue weighted by Crippen LogP contribution is 2.21. The Hall–Kier alpha value is -1.96. The summed E-state index contributed by atoms with van der Waals surface area (Å²) in [5.74, 6) is -1.19. The molecule has 1 aromatic rings. The lowest BCUT2D eigenvalue weighted by Gasteiger charge is -2.40. The first-order valence-corrected chi connectivity index (χ1v) is 5.72. The highest BCUT2D eigenvalue weighted by molar-refractivity contribution is 5.84. The molecule has 1 atom stereocenters. The van der Waals surface area contributed by atoms with Crippen molar-refractivity contribution in [2.75, 3.05) is 13.1 Å². The van der Waals surface area contributed by atoms with Crippen LogP contribution in [0.4, 0.5) is 0 Å². The zero-order chi connectivity index (χ0) is 13.3. The zero-order valence-electron chi connectivity index (χ0n) is 9.98. The maximum Gasteiger partial charge on any atom is 0.358 e. The molecule has 1 saturated heterocycles. The summed E-state index contributed by atoms with van der Waals surface area (Å²) in [6.07, 6.45) is 1.97. The molecule has 0 aliphatic carbocycles. The van der Waals surface area contributed by atoms with Crippen molar-refractivity contribution in [1.82, 2.24) is 19.9 Å². The minimum atomic E-state index is -1.11. The van der Waals surface area contributed by atoms with Crippen molar-refractivity contribution in [1.29, 1.82) is 0 Å². The van der Waals surface area contributed by atoms with Crippen molar-refractivity contribution < 1.29 is 14.7 Å². The number of aromatic carboxylic acids is 1. The molecule has 8 heteroatoms. The first kappa shape index (κ1) is 12.5. The van der Waals surface area contributed by atoms with Crippen LogP contribution in [0.25, 0.3) is 0 Å². The molecule has 1 fully saturated rings. The number of rotatable bonds is 4. The van der Waals surface area contributed by atoms with Crippen LogP contribution in [0.5, 0.6) is 0 Å². The largest absolute Gasteiger partial charge is 0.476 e. The highest BCUT2D eigenvalue weighted by atomic mass is 16.4. The minimum absolute atomic E-state index is 0.0152. The molecule has 2 rings (SSSR count). The molecule has 0 bridgehead atoms. The van der Waals surface area contributed by atoms with Crippen molar-refractivity contribution in [3.8, 4) is 0 Å². The average molecular weight is 253 g/mol. The maximum atomic E-state index is 11.7. The Morgan fingerprint density at radius 1 is 1.61 bits per heavy atom. The Morgan fingerprint density at radius 3 is 2.78 bits per heavy atom. The molecule has 0 unspecified atom stereocenters. The van der Waals surface area contributed by atoms with Crippen molar-refractivity contribution in [2.24, 2.45) is 5.73 Å². The van der Waals surface area contributed by atoms with Gasteiger partial charge in [-0.25, -0.2) is 9.48 Å². The van der Waals surface area contributed by atoms with Crippen LogP contribution in [0.15, 0.2) is 6.20 Å². The van der Waals surface area contributed by atoms with Gasteiger partial charge in [-0.3, -0.25) is 4.79 Å². The van der Waals surface area contributed by atoms with Gasteiger partial charge in [0.2, 0.25) is 5.91 Å². The maximum absolute atomic E-state index is 11.7. The van der Waals surface area contributed by atoms with Gasteiger partial charge >= 0.3 is 5.97 Å². The molecule has 1 aliphatic heterocycles. The highest BCUT2D eigenvalue weighted by Gasteiger charge is 2.34. The van der Waals surface area contributed by atoms with E-state index in [2.05, 4.69) is 10.3 Å². The van der Waals surface area contributed by atoms with Gasteiger partial charge in [-0.05, 0) is 6.42 Å². The number of carbonyl (C=O) groups is 2. The van der Waals surface area contributed by atoms with Gasteiger partial charge in [-0.15, -0.1) is 5.10 Å². The van der Waals surface area contributed by atoms with Gasteiger partial charge in [0.15, 0.2) is 5.69 Å². The molecular formula is C10H15N5O3. The Labute approximate surface area is 103 Å². The van der Waals surface area contributed by atoms with E-state index in [-0.39, 0.29) is 17.6 Å². The first-order chi connectivity index (χ1) is 8.52. The monoisotopic (exact) mass is 253 g/mol. The zero-order valence-corrected chi connectivity index (χ0v) is 9.98. The quantitative estimate of drug-likeness (QED) is 0.718. The van der Waals surface area contributed by atoms with Crippen LogP contribution in [0.1, 0.15) is 29.9 Å². The van der Waals surface area contributed by atoms with E-state index in [1.165, 1.54) is 10.9 Å². The summed E-state index contributed by atoms with van der Waals surface area (Å²) >= 11 is 0. The summed E-state index contributed by atoms with van der Waals surface area (Å²) in [5.41, 5.74) is 5.56. The van der Waals surface area contributed by atoms with E-state index in [1.54, 1.807) is 4.90 Å². The number of hydrogen-bond acceptors (Lipinski definition) is 5. The second-order valence-corrected chi connectivity index (χ2v) is 4.30. The number of carbonyl (C=O) groups excluding carboxylic acids is 1. The topological polar surface area (TPSA) is 114 Å². The van der Waals surface area contributed by atoms with Gasteiger partial charge in [-0.1, -0.05) is 12.1 Å². The fourth-order valence-corrected chi connectivity index (χ4v) is 1.76. The molecular weight excluding hydrogens is 238 g/mol. The molecule has 8 nitrogen and oxygen atoms in total. The molecule has 0 radical (unpaired) electrons. The molecule has 1 amide bonds. The van der Waals surface area contributed by atoms with Crippen molar-refractivity contribution >= 4 is 11.9 Å². The van der Waals surface area contributed by atoms with Crippen molar-refractivity contribution in [3.63, 3.8) is 0 Å². The van der Waals surface area contributed by atoms with Crippen LogP contribution in [0.3, 0.4) is 0 Å². The third-order valence-corrected chi connectivity index (χ3v) is 3.03. The summed E-state index contributed by atoms with van der Waals surface area (Å²) < 4.78 is 1.48. The van der Waals surface area contributed by atoms with Gasteiger partial charge in [0.25, 0.3) is 0 Å². The predicted molar refractivity (Wildman–Crippen MR) is 60.9 cm³/mol. The standard InChI is InChI=1S/C10H15N5O3/c1-2-7(11)9(16)14-3-6(4-14)15-5-8(10(17)18)12-13-15/h5-7H,2-4,11H2,1H3,(H,17,18)/t7-/m1/s1. The average Bonchev–Trinajstić information content (AvgIpc) is 2.75. The third kappa shape index (κ3) is 2.19. The van der Waals surface area contributed by atoms with E-state index in [4.69, 9.17) is 10.8 Å². The summed E-state index contributed by atoms with van der Waals surface area (Å²) in [5, 5.41) is 16.0. The Balaban J connectivity index is 1.92. The Kier molecular flexibility index (Phi) is 3.28. The van der Waals surface area contributed by atoms with Gasteiger partial charge in [-0.2, -0.15) is 0 Å². The second kappa shape index (κ2) is 4.73. The Bertz CT molecular complexity index is 466. The third-order valence-electron chi connectivity index (χ3n) is 3.03. The van der Waals surface area contributed by atoms with Gasteiger partial charge in [0.05, 0.1) is 18.3 Å². The second-order valence-electron chi connectivity index (χ2n) is 4.30. The number of carboxylic acids is 1. The number of nitrogens with two attached hydrogens (primary N) is 1. The number of carboxylic acid groups (broad SMARTS) is 1. The fraction of sp³-hybridized carbons (Fsp3) is 0.600. The van der Waals surface area contributed by atoms with Crippen molar-refractivity contribution in [3.05, 3.63) is 11.9 Å². The van der Waals surface area contributed by atoms with E-state index in [0.29, 0.717) is 19.5 Å². The summed E-state index contributed by atoms with van der Waals surface area (Å²) in [6.45, 7) is 2.85.